The first-order valence-electron chi connectivity index (χ1n) is 3.46. The van der Waals surface area contributed by atoms with Gasteiger partial charge in [-0.2, -0.15) is 0 Å². The van der Waals surface area contributed by atoms with Gasteiger partial charge in [0.05, 0.1) is 6.61 Å². The van der Waals surface area contributed by atoms with Gasteiger partial charge in [-0.05, 0) is 5.92 Å². The zero-order valence-corrected chi connectivity index (χ0v) is 6.20. The molecule has 1 fully saturated rings. The van der Waals surface area contributed by atoms with Gasteiger partial charge in [0.15, 0.2) is 5.78 Å². The molecule has 0 aromatic heterocycles. The van der Waals surface area contributed by atoms with Gasteiger partial charge in [-0.15, -0.1) is 0 Å². The van der Waals surface area contributed by atoms with E-state index in [9.17, 15) is 4.79 Å². The molecule has 1 rings (SSSR count). The van der Waals surface area contributed by atoms with Crippen LogP contribution in [-0.2, 0) is 9.53 Å². The first-order chi connectivity index (χ1) is 4.63. The van der Waals surface area contributed by atoms with Crippen molar-refractivity contribution >= 4 is 5.78 Å². The van der Waals surface area contributed by atoms with E-state index in [0.29, 0.717) is 0 Å². The van der Waals surface area contributed by atoms with Gasteiger partial charge in [-0.25, -0.2) is 0 Å². The van der Waals surface area contributed by atoms with E-state index < -0.39 is 6.10 Å². The monoisotopic (exact) mass is 144 g/mol. The molecule has 0 radical (unpaired) electrons. The number of hydrogen-bond donors (Lipinski definition) is 1. The summed E-state index contributed by atoms with van der Waals surface area (Å²) in [5.41, 5.74) is 0. The Morgan fingerprint density at radius 2 is 2.30 bits per heavy atom. The van der Waals surface area contributed by atoms with E-state index in [0.717, 1.165) is 0 Å². The van der Waals surface area contributed by atoms with Gasteiger partial charge in [0.25, 0.3) is 0 Å². The number of aliphatic hydroxyl groups excluding tert-OH is 1. The average Bonchev–Trinajstić information content (AvgIpc) is 2.14. The van der Waals surface area contributed by atoms with Crippen molar-refractivity contribution in [2.24, 2.45) is 5.92 Å². The van der Waals surface area contributed by atoms with Gasteiger partial charge in [0.1, 0.15) is 12.2 Å². The van der Waals surface area contributed by atoms with Gasteiger partial charge < -0.3 is 9.84 Å². The van der Waals surface area contributed by atoms with Crippen molar-refractivity contribution in [1.29, 1.82) is 0 Å². The van der Waals surface area contributed by atoms with Crippen molar-refractivity contribution in [3.63, 3.8) is 0 Å². The summed E-state index contributed by atoms with van der Waals surface area (Å²) in [6, 6.07) is 0. The van der Waals surface area contributed by atoms with Crippen molar-refractivity contribution in [2.45, 2.75) is 26.1 Å². The summed E-state index contributed by atoms with van der Waals surface area (Å²) in [4.78, 5) is 11.0. The lowest BCUT2D eigenvalue weighted by Gasteiger charge is -2.10. The first kappa shape index (κ1) is 7.69. The molecule has 0 spiro atoms. The summed E-state index contributed by atoms with van der Waals surface area (Å²) in [5.74, 6) is -0.000324. The maximum atomic E-state index is 11.0. The SMILES string of the molecule is CC(C)C1OCC(O)C1=O. The van der Waals surface area contributed by atoms with E-state index in [-0.39, 0.29) is 24.4 Å². The molecule has 0 aromatic carbocycles. The van der Waals surface area contributed by atoms with Crippen LogP contribution in [0.5, 0.6) is 0 Å². The molecule has 1 saturated heterocycles. The Morgan fingerprint density at radius 1 is 1.70 bits per heavy atom. The molecule has 3 nitrogen and oxygen atoms in total. The van der Waals surface area contributed by atoms with E-state index in [1.165, 1.54) is 0 Å². The third-order valence-electron chi connectivity index (χ3n) is 1.65. The maximum Gasteiger partial charge on any atom is 0.192 e. The van der Waals surface area contributed by atoms with Gasteiger partial charge in [0.2, 0.25) is 0 Å². The van der Waals surface area contributed by atoms with Crippen molar-refractivity contribution in [3.8, 4) is 0 Å². The van der Waals surface area contributed by atoms with Crippen LogP contribution in [0, 0.1) is 5.92 Å². The van der Waals surface area contributed by atoms with Crippen molar-refractivity contribution in [3.05, 3.63) is 0 Å². The highest BCUT2D eigenvalue weighted by molar-refractivity contribution is 5.89. The van der Waals surface area contributed by atoms with Crippen LogP contribution in [0.1, 0.15) is 13.8 Å². The molecule has 0 bridgehead atoms. The summed E-state index contributed by atoms with van der Waals surface area (Å²) >= 11 is 0. The molecule has 1 heterocycles. The van der Waals surface area contributed by atoms with E-state index in [1.807, 2.05) is 13.8 Å². The number of carbonyl (C=O) groups is 1. The summed E-state index contributed by atoms with van der Waals surface area (Å²) < 4.78 is 5.04. The van der Waals surface area contributed by atoms with Crippen LogP contribution in [0.15, 0.2) is 0 Å². The summed E-state index contributed by atoms with van der Waals surface area (Å²) in [7, 11) is 0. The van der Waals surface area contributed by atoms with E-state index >= 15 is 0 Å². The predicted molar refractivity (Wildman–Crippen MR) is 35.6 cm³/mol. The number of Topliss-reactive ketones (excluding diaryl/α,β-unsaturated/α-hetero) is 1. The Balaban J connectivity index is 2.57. The maximum absolute atomic E-state index is 11.0. The van der Waals surface area contributed by atoms with Crippen LogP contribution in [0.4, 0.5) is 0 Å². The standard InChI is InChI=1S/C7H12O3/c1-4(2)7-6(9)5(8)3-10-7/h4-5,7-8H,3H2,1-2H3. The largest absolute Gasteiger partial charge is 0.383 e. The molecule has 3 heteroatoms. The minimum Gasteiger partial charge on any atom is -0.383 e. The predicted octanol–water partition coefficient (Wildman–Crippen LogP) is -0.0288. The number of ketones is 1. The smallest absolute Gasteiger partial charge is 0.192 e. The Kier molecular flexibility index (Phi) is 2.06. The normalized spacial score (nSPS) is 33.8. The fourth-order valence-corrected chi connectivity index (χ4v) is 1.07. The molecular weight excluding hydrogens is 132 g/mol. The van der Waals surface area contributed by atoms with Gasteiger partial charge in [-0.1, -0.05) is 13.8 Å². The second kappa shape index (κ2) is 2.68. The van der Waals surface area contributed by atoms with Crippen molar-refractivity contribution < 1.29 is 14.6 Å². The molecule has 1 N–H and O–H groups in total. The average molecular weight is 144 g/mol. The molecule has 10 heavy (non-hydrogen) atoms. The minimum absolute atomic E-state index is 0.168. The molecule has 58 valence electrons. The van der Waals surface area contributed by atoms with Crippen LogP contribution in [0.25, 0.3) is 0 Å². The second-order valence-corrected chi connectivity index (χ2v) is 2.92. The number of aliphatic hydroxyl groups is 1. The third-order valence-corrected chi connectivity index (χ3v) is 1.65. The van der Waals surface area contributed by atoms with Gasteiger partial charge in [-0.3, -0.25) is 4.79 Å². The quantitative estimate of drug-likeness (QED) is 0.562. The fraction of sp³-hybridized carbons (Fsp3) is 0.857. The van der Waals surface area contributed by atoms with E-state index in [4.69, 9.17) is 9.84 Å². The molecule has 1 aliphatic rings. The molecule has 1 aliphatic heterocycles. The third kappa shape index (κ3) is 1.20. The summed E-state index contributed by atoms with van der Waals surface area (Å²) in [6.45, 7) is 3.98. The number of hydrogen-bond acceptors (Lipinski definition) is 3. The molecule has 0 aliphatic carbocycles. The summed E-state index contributed by atoms with van der Waals surface area (Å²) in [6.07, 6.45) is -1.26. The van der Waals surface area contributed by atoms with Gasteiger partial charge in [0, 0.05) is 0 Å². The lowest BCUT2D eigenvalue weighted by atomic mass is 10.0. The lowest BCUT2D eigenvalue weighted by Crippen LogP contribution is -2.27. The van der Waals surface area contributed by atoms with E-state index in [1.54, 1.807) is 0 Å². The molecular formula is C7H12O3. The van der Waals surface area contributed by atoms with Crippen molar-refractivity contribution in [1.82, 2.24) is 0 Å². The number of rotatable bonds is 1. The summed E-state index contributed by atoms with van der Waals surface area (Å²) in [5, 5.41) is 8.94. The zero-order chi connectivity index (χ0) is 7.72. The second-order valence-electron chi connectivity index (χ2n) is 2.92. The lowest BCUT2D eigenvalue weighted by molar-refractivity contribution is -0.128. The highest BCUT2D eigenvalue weighted by atomic mass is 16.5. The molecule has 0 amide bonds. The highest BCUT2D eigenvalue weighted by Crippen LogP contribution is 2.16. The van der Waals surface area contributed by atoms with Crippen LogP contribution in [0.3, 0.4) is 0 Å². The number of carbonyl (C=O) groups excluding carboxylic acids is 1. The Labute approximate surface area is 60.0 Å². The number of ether oxygens (including phenoxy) is 1. The van der Waals surface area contributed by atoms with Crippen LogP contribution < -0.4 is 0 Å². The minimum atomic E-state index is -0.882. The van der Waals surface area contributed by atoms with Crippen LogP contribution >= 0.6 is 0 Å². The molecule has 2 atom stereocenters. The highest BCUT2D eigenvalue weighted by Gasteiger charge is 2.35. The first-order valence-corrected chi connectivity index (χ1v) is 3.46. The molecule has 0 aromatic rings. The Bertz CT molecular complexity index is 142. The topological polar surface area (TPSA) is 46.5 Å². The van der Waals surface area contributed by atoms with Gasteiger partial charge >= 0.3 is 0 Å². The van der Waals surface area contributed by atoms with E-state index in [2.05, 4.69) is 0 Å². The molecule has 2 unspecified atom stereocenters. The van der Waals surface area contributed by atoms with Crippen molar-refractivity contribution in [2.75, 3.05) is 6.61 Å². The Hall–Kier alpha value is -0.410. The fourth-order valence-electron chi connectivity index (χ4n) is 1.07. The zero-order valence-electron chi connectivity index (χ0n) is 6.20. The van der Waals surface area contributed by atoms with Crippen LogP contribution in [-0.4, -0.2) is 29.7 Å². The van der Waals surface area contributed by atoms with Crippen LogP contribution in [0.2, 0.25) is 0 Å². The molecule has 0 saturated carbocycles. The Morgan fingerprint density at radius 3 is 2.50 bits per heavy atom.